The van der Waals surface area contributed by atoms with Gasteiger partial charge in [0.1, 0.15) is 0 Å². The minimum absolute atomic E-state index is 0.361. The number of benzene rings is 1. The summed E-state index contributed by atoms with van der Waals surface area (Å²) in [6, 6.07) is 9.87. The highest BCUT2D eigenvalue weighted by atomic mass is 16.4. The fourth-order valence-corrected chi connectivity index (χ4v) is 1.15. The smallest absolute Gasteiger partial charge is 0.247 e. The van der Waals surface area contributed by atoms with Gasteiger partial charge >= 0.3 is 5.97 Å². The van der Waals surface area contributed by atoms with Gasteiger partial charge in [-0.2, -0.15) is 0 Å². The molecule has 1 radical (unpaired) electrons. The monoisotopic (exact) mass is 177 g/mol. The molecule has 13 heavy (non-hydrogen) atoms. The molecule has 0 N–H and O–H groups in total. The second-order valence-electron chi connectivity index (χ2n) is 3.24. The molecule has 0 aromatic heterocycles. The third kappa shape index (κ3) is 3.28. The lowest BCUT2D eigenvalue weighted by Crippen LogP contribution is -2.08. The average molecular weight is 177 g/mol. The van der Waals surface area contributed by atoms with Crippen LogP contribution in [0.2, 0.25) is 0 Å². The molecule has 0 saturated heterocycles. The van der Waals surface area contributed by atoms with Gasteiger partial charge in [0.05, 0.1) is 5.92 Å². The number of carbonyl (C=O) groups excluding carboxylic acids is 1. The molecule has 0 spiro atoms. The van der Waals surface area contributed by atoms with Crippen LogP contribution in [0.3, 0.4) is 0 Å². The minimum atomic E-state index is -0.962. The summed E-state index contributed by atoms with van der Waals surface area (Å²) in [7, 11) is 0. The van der Waals surface area contributed by atoms with Gasteiger partial charge in [0.25, 0.3) is 0 Å². The van der Waals surface area contributed by atoms with Crippen molar-refractivity contribution < 1.29 is 9.90 Å². The molecule has 1 rings (SSSR count). The minimum Gasteiger partial charge on any atom is -0.247 e. The van der Waals surface area contributed by atoms with E-state index in [1.165, 1.54) is 5.56 Å². The molecule has 1 unspecified atom stereocenters. The van der Waals surface area contributed by atoms with Crippen LogP contribution in [0.1, 0.15) is 18.9 Å². The summed E-state index contributed by atoms with van der Waals surface area (Å²) < 4.78 is 0. The average Bonchev–Trinajstić information content (AvgIpc) is 2.15. The quantitative estimate of drug-likeness (QED) is 0.694. The van der Waals surface area contributed by atoms with Gasteiger partial charge in [0, 0.05) is 0 Å². The van der Waals surface area contributed by atoms with E-state index in [4.69, 9.17) is 0 Å². The first-order valence-electron chi connectivity index (χ1n) is 4.45. The van der Waals surface area contributed by atoms with Crippen LogP contribution in [0.15, 0.2) is 30.3 Å². The summed E-state index contributed by atoms with van der Waals surface area (Å²) in [5, 5.41) is 10.4. The molecule has 1 atom stereocenters. The van der Waals surface area contributed by atoms with Crippen LogP contribution < -0.4 is 0 Å². The Hall–Kier alpha value is -1.31. The molecule has 2 nitrogen and oxygen atoms in total. The predicted octanol–water partition coefficient (Wildman–Crippen LogP) is 2.21. The Labute approximate surface area is 78.2 Å². The first kappa shape index (κ1) is 9.78. The van der Waals surface area contributed by atoms with Crippen molar-refractivity contribution in [1.82, 2.24) is 0 Å². The fourth-order valence-electron chi connectivity index (χ4n) is 1.15. The van der Waals surface area contributed by atoms with E-state index in [2.05, 4.69) is 0 Å². The number of hydrogen-bond acceptors (Lipinski definition) is 1. The van der Waals surface area contributed by atoms with Crippen molar-refractivity contribution in [2.45, 2.75) is 19.8 Å². The molecule has 69 valence electrons. The van der Waals surface area contributed by atoms with E-state index < -0.39 is 5.97 Å². The molecule has 0 saturated carbocycles. The maximum atomic E-state index is 10.4. The molecule has 0 bridgehead atoms. The SMILES string of the molecule is CC(CCc1ccccc1)C([O])=O. The summed E-state index contributed by atoms with van der Waals surface area (Å²) in [5.74, 6) is -1.32. The Morgan fingerprint density at radius 1 is 1.31 bits per heavy atom. The van der Waals surface area contributed by atoms with E-state index in [1.807, 2.05) is 30.3 Å². The van der Waals surface area contributed by atoms with E-state index in [1.54, 1.807) is 6.92 Å². The Morgan fingerprint density at radius 3 is 2.46 bits per heavy atom. The van der Waals surface area contributed by atoms with Crippen LogP contribution >= 0.6 is 0 Å². The van der Waals surface area contributed by atoms with Crippen molar-refractivity contribution in [2.75, 3.05) is 0 Å². The zero-order chi connectivity index (χ0) is 9.68. The lowest BCUT2D eigenvalue weighted by atomic mass is 10.0. The highest BCUT2D eigenvalue weighted by Crippen LogP contribution is 2.09. The normalized spacial score (nSPS) is 12.4. The second kappa shape index (κ2) is 4.65. The van der Waals surface area contributed by atoms with Gasteiger partial charge in [-0.25, -0.2) is 9.90 Å². The van der Waals surface area contributed by atoms with Crippen LogP contribution in [0.25, 0.3) is 0 Å². The Balaban J connectivity index is 2.39. The molecule has 0 heterocycles. The lowest BCUT2D eigenvalue weighted by Gasteiger charge is -2.03. The summed E-state index contributed by atoms with van der Waals surface area (Å²) in [4.78, 5) is 10.4. The van der Waals surface area contributed by atoms with E-state index in [-0.39, 0.29) is 5.92 Å². The molecular weight excluding hydrogens is 164 g/mol. The molecule has 0 aliphatic rings. The van der Waals surface area contributed by atoms with Gasteiger partial charge in [0.2, 0.25) is 0 Å². The third-order valence-corrected chi connectivity index (χ3v) is 2.11. The lowest BCUT2D eigenvalue weighted by molar-refractivity contribution is -0.147. The zero-order valence-corrected chi connectivity index (χ0v) is 7.69. The summed E-state index contributed by atoms with van der Waals surface area (Å²) >= 11 is 0. The van der Waals surface area contributed by atoms with Crippen molar-refractivity contribution in [2.24, 2.45) is 5.92 Å². The standard InChI is InChI=1S/C11H13O2/c1-9(11(12)13)7-8-10-5-3-2-4-6-10/h2-6,9H,7-8H2,1H3. The molecule has 0 aliphatic carbocycles. The maximum absolute atomic E-state index is 10.4. The number of aryl methyl sites for hydroxylation is 1. The van der Waals surface area contributed by atoms with Gasteiger partial charge in [-0.3, -0.25) is 0 Å². The number of hydrogen-bond donors (Lipinski definition) is 0. The topological polar surface area (TPSA) is 37.0 Å². The number of rotatable bonds is 4. The summed E-state index contributed by atoms with van der Waals surface area (Å²) in [5.41, 5.74) is 1.18. The van der Waals surface area contributed by atoms with Gasteiger partial charge in [0.15, 0.2) is 0 Å². The molecule has 2 heteroatoms. The molecule has 0 aliphatic heterocycles. The van der Waals surface area contributed by atoms with E-state index in [9.17, 15) is 9.90 Å². The van der Waals surface area contributed by atoms with Gasteiger partial charge in [-0.05, 0) is 18.4 Å². The van der Waals surface area contributed by atoms with Gasteiger partial charge < -0.3 is 0 Å². The molecule has 0 fully saturated rings. The van der Waals surface area contributed by atoms with Crippen LogP contribution in [0.5, 0.6) is 0 Å². The Bertz CT molecular complexity index is 267. The molecular formula is C11H13O2. The third-order valence-electron chi connectivity index (χ3n) is 2.11. The van der Waals surface area contributed by atoms with E-state index in [0.717, 1.165) is 6.42 Å². The van der Waals surface area contributed by atoms with Gasteiger partial charge in [-0.1, -0.05) is 37.3 Å². The highest BCUT2D eigenvalue weighted by Gasteiger charge is 2.12. The van der Waals surface area contributed by atoms with Crippen molar-refractivity contribution >= 4 is 5.97 Å². The molecule has 0 amide bonds. The Morgan fingerprint density at radius 2 is 1.92 bits per heavy atom. The van der Waals surface area contributed by atoms with E-state index >= 15 is 0 Å². The first-order valence-corrected chi connectivity index (χ1v) is 4.45. The fraction of sp³-hybridized carbons (Fsp3) is 0.364. The van der Waals surface area contributed by atoms with Crippen LogP contribution in [0.4, 0.5) is 0 Å². The molecule has 1 aromatic carbocycles. The predicted molar refractivity (Wildman–Crippen MR) is 49.6 cm³/mol. The first-order chi connectivity index (χ1) is 6.20. The van der Waals surface area contributed by atoms with Crippen molar-refractivity contribution in [1.29, 1.82) is 0 Å². The van der Waals surface area contributed by atoms with Gasteiger partial charge in [-0.15, -0.1) is 0 Å². The largest absolute Gasteiger partial charge is 0.358 e. The van der Waals surface area contributed by atoms with Crippen molar-refractivity contribution in [3.8, 4) is 0 Å². The highest BCUT2D eigenvalue weighted by molar-refractivity contribution is 5.68. The number of carbonyl (C=O) groups is 1. The Kier molecular flexibility index (Phi) is 3.50. The molecule has 1 aromatic rings. The van der Waals surface area contributed by atoms with E-state index in [0.29, 0.717) is 6.42 Å². The van der Waals surface area contributed by atoms with Crippen molar-refractivity contribution in [3.63, 3.8) is 0 Å². The maximum Gasteiger partial charge on any atom is 0.358 e. The van der Waals surface area contributed by atoms with Crippen LogP contribution in [-0.4, -0.2) is 5.97 Å². The van der Waals surface area contributed by atoms with Crippen molar-refractivity contribution in [3.05, 3.63) is 35.9 Å². The zero-order valence-electron chi connectivity index (χ0n) is 7.69. The second-order valence-corrected chi connectivity index (χ2v) is 3.24. The summed E-state index contributed by atoms with van der Waals surface area (Å²) in [6.45, 7) is 1.68. The van der Waals surface area contributed by atoms with Crippen LogP contribution in [-0.2, 0) is 16.3 Å². The summed E-state index contributed by atoms with van der Waals surface area (Å²) in [6.07, 6.45) is 1.45. The van der Waals surface area contributed by atoms with Crippen LogP contribution in [0, 0.1) is 5.92 Å².